The summed E-state index contributed by atoms with van der Waals surface area (Å²) < 4.78 is 43.4. The molecule has 1 aromatic heterocycles. The lowest BCUT2D eigenvalue weighted by molar-refractivity contribution is -0.137. The molecular weight excluding hydrogens is 321 g/mol. The first kappa shape index (κ1) is 17.0. The lowest BCUT2D eigenvalue weighted by atomic mass is 9.78. The van der Waals surface area contributed by atoms with Crippen LogP contribution >= 0.6 is 0 Å². The molecule has 130 valence electrons. The van der Waals surface area contributed by atoms with E-state index in [2.05, 4.69) is 10.3 Å². The first-order chi connectivity index (χ1) is 11.2. The summed E-state index contributed by atoms with van der Waals surface area (Å²) in [6.07, 6.45) is -2.12. The molecule has 0 amide bonds. The van der Waals surface area contributed by atoms with E-state index < -0.39 is 17.3 Å². The van der Waals surface area contributed by atoms with Crippen LogP contribution in [-0.4, -0.2) is 16.1 Å². The van der Waals surface area contributed by atoms with Crippen LogP contribution in [-0.2, 0) is 11.8 Å². The number of piperidine rings is 1. The fourth-order valence-electron chi connectivity index (χ4n) is 3.32. The number of alkyl halides is 3. The summed E-state index contributed by atoms with van der Waals surface area (Å²) in [5.41, 5.74) is -0.772. The Labute approximate surface area is 137 Å². The summed E-state index contributed by atoms with van der Waals surface area (Å²) in [6, 6.07) is 4.48. The Kier molecular flexibility index (Phi) is 4.17. The summed E-state index contributed by atoms with van der Waals surface area (Å²) in [7, 11) is 0. The fourth-order valence-corrected chi connectivity index (χ4v) is 3.32. The molecule has 2 aromatic rings. The SMILES string of the molecule is Cc1nc([C@@H]2CC(O)(c3ccc(C(F)(F)F)cc3)C[C@H](C)N2)co1. The molecule has 7 heteroatoms. The lowest BCUT2D eigenvalue weighted by Gasteiger charge is -2.40. The molecule has 1 unspecified atom stereocenters. The Hall–Kier alpha value is -1.86. The minimum Gasteiger partial charge on any atom is -0.449 e. The van der Waals surface area contributed by atoms with Crippen molar-refractivity contribution in [3.8, 4) is 0 Å². The van der Waals surface area contributed by atoms with Crippen molar-refractivity contribution in [2.75, 3.05) is 0 Å². The van der Waals surface area contributed by atoms with Gasteiger partial charge in [-0.15, -0.1) is 0 Å². The van der Waals surface area contributed by atoms with E-state index in [0.717, 1.165) is 12.1 Å². The maximum absolute atomic E-state index is 12.7. The van der Waals surface area contributed by atoms with Crippen molar-refractivity contribution >= 4 is 0 Å². The third kappa shape index (κ3) is 3.32. The van der Waals surface area contributed by atoms with E-state index in [0.29, 0.717) is 30.0 Å². The summed E-state index contributed by atoms with van der Waals surface area (Å²) >= 11 is 0. The van der Waals surface area contributed by atoms with Gasteiger partial charge in [-0.25, -0.2) is 4.98 Å². The number of aliphatic hydroxyl groups is 1. The van der Waals surface area contributed by atoms with Crippen molar-refractivity contribution in [3.63, 3.8) is 0 Å². The number of hydrogen-bond donors (Lipinski definition) is 2. The molecule has 24 heavy (non-hydrogen) atoms. The molecule has 1 aliphatic heterocycles. The Balaban J connectivity index is 1.87. The molecule has 3 rings (SSSR count). The Morgan fingerprint density at radius 2 is 1.92 bits per heavy atom. The van der Waals surface area contributed by atoms with Gasteiger partial charge in [-0.3, -0.25) is 0 Å². The second-order valence-electron chi connectivity index (χ2n) is 6.43. The van der Waals surface area contributed by atoms with Crippen LogP contribution in [0.15, 0.2) is 34.9 Å². The van der Waals surface area contributed by atoms with Gasteiger partial charge in [0.25, 0.3) is 0 Å². The van der Waals surface area contributed by atoms with Gasteiger partial charge in [0.2, 0.25) is 0 Å². The highest BCUT2D eigenvalue weighted by Crippen LogP contribution is 2.40. The predicted molar refractivity (Wildman–Crippen MR) is 81.2 cm³/mol. The zero-order valence-corrected chi connectivity index (χ0v) is 13.4. The van der Waals surface area contributed by atoms with E-state index >= 15 is 0 Å². The summed E-state index contributed by atoms with van der Waals surface area (Å²) in [5.74, 6) is 0.531. The highest BCUT2D eigenvalue weighted by Gasteiger charge is 2.40. The number of hydrogen-bond acceptors (Lipinski definition) is 4. The van der Waals surface area contributed by atoms with Gasteiger partial charge in [0.05, 0.1) is 22.9 Å². The molecule has 1 fully saturated rings. The van der Waals surface area contributed by atoms with Gasteiger partial charge in [-0.2, -0.15) is 13.2 Å². The number of aryl methyl sites for hydroxylation is 1. The van der Waals surface area contributed by atoms with Crippen molar-refractivity contribution in [2.24, 2.45) is 0 Å². The Bertz CT molecular complexity index is 711. The van der Waals surface area contributed by atoms with Crippen LogP contribution in [0.4, 0.5) is 13.2 Å². The van der Waals surface area contributed by atoms with E-state index in [4.69, 9.17) is 4.42 Å². The van der Waals surface area contributed by atoms with Crippen LogP contribution in [0.1, 0.15) is 48.5 Å². The largest absolute Gasteiger partial charge is 0.449 e. The number of oxazole rings is 1. The molecule has 4 nitrogen and oxygen atoms in total. The van der Waals surface area contributed by atoms with Gasteiger partial charge in [0.1, 0.15) is 6.26 Å². The van der Waals surface area contributed by atoms with Crippen LogP contribution in [0.3, 0.4) is 0 Å². The average Bonchev–Trinajstić information content (AvgIpc) is 2.92. The van der Waals surface area contributed by atoms with Crippen molar-refractivity contribution in [3.05, 3.63) is 53.2 Å². The van der Waals surface area contributed by atoms with E-state index in [1.807, 2.05) is 6.92 Å². The minimum atomic E-state index is -4.39. The highest BCUT2D eigenvalue weighted by atomic mass is 19.4. The van der Waals surface area contributed by atoms with Crippen molar-refractivity contribution in [1.82, 2.24) is 10.3 Å². The van der Waals surface area contributed by atoms with Crippen LogP contribution in [0.5, 0.6) is 0 Å². The van der Waals surface area contributed by atoms with Gasteiger partial charge >= 0.3 is 6.18 Å². The van der Waals surface area contributed by atoms with Crippen molar-refractivity contribution in [1.29, 1.82) is 0 Å². The van der Waals surface area contributed by atoms with E-state index in [1.54, 1.807) is 6.92 Å². The fraction of sp³-hybridized carbons (Fsp3) is 0.471. The maximum Gasteiger partial charge on any atom is 0.416 e. The summed E-state index contributed by atoms with van der Waals surface area (Å²) in [4.78, 5) is 4.29. The molecule has 0 radical (unpaired) electrons. The Morgan fingerprint density at radius 1 is 1.25 bits per heavy atom. The molecule has 0 bridgehead atoms. The average molecular weight is 340 g/mol. The first-order valence-corrected chi connectivity index (χ1v) is 7.75. The first-order valence-electron chi connectivity index (χ1n) is 7.75. The molecule has 2 N–H and O–H groups in total. The number of aromatic nitrogens is 1. The standard InChI is InChI=1S/C17H19F3N2O2/c1-10-7-16(23,8-14(21-10)15-9-24-11(2)22-15)12-3-5-13(6-4-12)17(18,19)20/h3-6,9-10,14,21,23H,7-8H2,1-2H3/t10-,14-,16?/m0/s1. The third-order valence-corrected chi connectivity index (χ3v) is 4.41. The molecule has 1 aromatic carbocycles. The van der Waals surface area contributed by atoms with Gasteiger partial charge in [0, 0.05) is 19.4 Å². The van der Waals surface area contributed by atoms with Gasteiger partial charge in [-0.05, 0) is 31.0 Å². The normalized spacial score (nSPS) is 28.1. The molecule has 1 saturated heterocycles. The number of nitrogens with zero attached hydrogens (tertiary/aromatic N) is 1. The minimum absolute atomic E-state index is 0.0203. The number of nitrogens with one attached hydrogen (secondary N) is 1. The highest BCUT2D eigenvalue weighted by molar-refractivity contribution is 5.30. The second kappa shape index (κ2) is 5.89. The van der Waals surface area contributed by atoms with Gasteiger partial charge < -0.3 is 14.8 Å². The van der Waals surface area contributed by atoms with Gasteiger partial charge in [-0.1, -0.05) is 12.1 Å². The van der Waals surface area contributed by atoms with Crippen LogP contribution in [0.2, 0.25) is 0 Å². The maximum atomic E-state index is 12.7. The zero-order valence-electron chi connectivity index (χ0n) is 13.4. The van der Waals surface area contributed by atoms with Gasteiger partial charge in [0.15, 0.2) is 5.89 Å². The van der Waals surface area contributed by atoms with Crippen LogP contribution < -0.4 is 5.32 Å². The van der Waals surface area contributed by atoms with Crippen molar-refractivity contribution in [2.45, 2.75) is 50.6 Å². The molecule has 0 saturated carbocycles. The van der Waals surface area contributed by atoms with Crippen LogP contribution in [0, 0.1) is 6.92 Å². The van der Waals surface area contributed by atoms with Crippen molar-refractivity contribution < 1.29 is 22.7 Å². The van der Waals surface area contributed by atoms with E-state index in [-0.39, 0.29) is 12.1 Å². The summed E-state index contributed by atoms with van der Waals surface area (Å²) in [5, 5.41) is 14.4. The second-order valence-corrected chi connectivity index (χ2v) is 6.43. The Morgan fingerprint density at radius 3 is 2.46 bits per heavy atom. The smallest absolute Gasteiger partial charge is 0.416 e. The van der Waals surface area contributed by atoms with E-state index in [1.165, 1.54) is 18.4 Å². The monoisotopic (exact) mass is 340 g/mol. The quantitative estimate of drug-likeness (QED) is 0.875. The number of halogens is 3. The zero-order chi connectivity index (χ0) is 17.5. The molecular formula is C17H19F3N2O2. The molecule has 0 spiro atoms. The number of rotatable bonds is 2. The lowest BCUT2D eigenvalue weighted by Crippen LogP contribution is -2.47. The predicted octanol–water partition coefficient (Wildman–Crippen LogP) is 3.70. The van der Waals surface area contributed by atoms with Crippen LogP contribution in [0.25, 0.3) is 0 Å². The van der Waals surface area contributed by atoms with E-state index in [9.17, 15) is 18.3 Å². The molecule has 0 aliphatic carbocycles. The topological polar surface area (TPSA) is 58.3 Å². The molecule has 3 atom stereocenters. The number of benzene rings is 1. The third-order valence-electron chi connectivity index (χ3n) is 4.41. The molecule has 1 aliphatic rings. The summed E-state index contributed by atoms with van der Waals surface area (Å²) in [6.45, 7) is 3.66. The molecule has 2 heterocycles.